The number of benzene rings is 1. The summed E-state index contributed by atoms with van der Waals surface area (Å²) in [6.07, 6.45) is 1.66. The molecule has 84 valence electrons. The van der Waals surface area contributed by atoms with E-state index in [-0.39, 0.29) is 5.38 Å². The van der Waals surface area contributed by atoms with Crippen molar-refractivity contribution < 1.29 is 4.42 Å². The fourth-order valence-electron chi connectivity index (χ4n) is 1.35. The molecule has 0 aliphatic rings. The first-order valence-electron chi connectivity index (χ1n) is 4.94. The molecule has 0 saturated carbocycles. The second kappa shape index (κ2) is 4.48. The van der Waals surface area contributed by atoms with Crippen LogP contribution in [0.3, 0.4) is 0 Å². The van der Waals surface area contributed by atoms with Gasteiger partial charge in [0.15, 0.2) is 5.76 Å². The topological polar surface area (TPSA) is 26.0 Å². The van der Waals surface area contributed by atoms with Crippen LogP contribution in [0.5, 0.6) is 0 Å². The lowest BCUT2D eigenvalue weighted by Crippen LogP contribution is -1.81. The normalized spacial score (nSPS) is 12.8. The summed E-state index contributed by atoms with van der Waals surface area (Å²) in [4.78, 5) is 4.10. The number of halogens is 2. The summed E-state index contributed by atoms with van der Waals surface area (Å²) < 4.78 is 5.52. The first kappa shape index (κ1) is 11.5. The Morgan fingerprint density at radius 1 is 1.38 bits per heavy atom. The highest BCUT2D eigenvalue weighted by molar-refractivity contribution is 6.31. The van der Waals surface area contributed by atoms with E-state index in [0.717, 1.165) is 16.1 Å². The van der Waals surface area contributed by atoms with Crippen LogP contribution in [0.25, 0.3) is 11.3 Å². The third-order valence-electron chi connectivity index (χ3n) is 2.32. The van der Waals surface area contributed by atoms with Crippen LogP contribution in [0.1, 0.15) is 23.8 Å². The van der Waals surface area contributed by atoms with E-state index in [4.69, 9.17) is 27.6 Å². The van der Waals surface area contributed by atoms with Gasteiger partial charge in [0.1, 0.15) is 5.38 Å². The molecule has 0 N–H and O–H groups in total. The van der Waals surface area contributed by atoms with Crippen LogP contribution in [-0.4, -0.2) is 4.98 Å². The number of rotatable bonds is 2. The smallest absolute Gasteiger partial charge is 0.212 e. The van der Waals surface area contributed by atoms with E-state index in [2.05, 4.69) is 4.98 Å². The average Bonchev–Trinajstić information content (AvgIpc) is 2.71. The summed E-state index contributed by atoms with van der Waals surface area (Å²) in [5, 5.41) is 0.490. The first-order valence-corrected chi connectivity index (χ1v) is 5.75. The van der Waals surface area contributed by atoms with E-state index in [0.29, 0.717) is 11.7 Å². The first-order chi connectivity index (χ1) is 7.58. The minimum absolute atomic E-state index is 0.227. The zero-order valence-corrected chi connectivity index (χ0v) is 10.5. The lowest BCUT2D eigenvalue weighted by Gasteiger charge is -2.00. The van der Waals surface area contributed by atoms with Crippen molar-refractivity contribution in [2.45, 2.75) is 19.2 Å². The second-order valence-electron chi connectivity index (χ2n) is 3.64. The van der Waals surface area contributed by atoms with Crippen LogP contribution in [-0.2, 0) is 0 Å². The molecule has 1 aromatic heterocycles. The SMILES string of the molecule is Cc1ccc(-c2cnc(C(C)Cl)o2)cc1Cl. The molecular formula is C12H11Cl2NO. The molecule has 1 aromatic carbocycles. The predicted molar refractivity (Wildman–Crippen MR) is 66.0 cm³/mol. The van der Waals surface area contributed by atoms with Gasteiger partial charge >= 0.3 is 0 Å². The van der Waals surface area contributed by atoms with Gasteiger partial charge in [0.25, 0.3) is 0 Å². The molecule has 16 heavy (non-hydrogen) atoms. The Hall–Kier alpha value is -0.990. The highest BCUT2D eigenvalue weighted by Crippen LogP contribution is 2.28. The highest BCUT2D eigenvalue weighted by atomic mass is 35.5. The molecule has 2 aromatic rings. The summed E-state index contributed by atoms with van der Waals surface area (Å²) in [5.41, 5.74) is 1.95. The zero-order valence-electron chi connectivity index (χ0n) is 9.00. The molecular weight excluding hydrogens is 245 g/mol. The average molecular weight is 256 g/mol. The Labute approximate surface area is 104 Å². The lowest BCUT2D eigenvalue weighted by molar-refractivity contribution is 0.508. The standard InChI is InChI=1S/C12H11Cl2NO/c1-7-3-4-9(5-10(7)14)11-6-15-12(16-11)8(2)13/h3-6,8H,1-2H3. The van der Waals surface area contributed by atoms with Gasteiger partial charge in [-0.3, -0.25) is 0 Å². The number of aryl methyl sites for hydroxylation is 1. The number of alkyl halides is 1. The van der Waals surface area contributed by atoms with Crippen molar-refractivity contribution >= 4 is 23.2 Å². The minimum Gasteiger partial charge on any atom is -0.439 e. The van der Waals surface area contributed by atoms with Gasteiger partial charge < -0.3 is 4.42 Å². The van der Waals surface area contributed by atoms with E-state index < -0.39 is 0 Å². The van der Waals surface area contributed by atoms with E-state index in [9.17, 15) is 0 Å². The van der Waals surface area contributed by atoms with Crippen LogP contribution in [0.4, 0.5) is 0 Å². The van der Waals surface area contributed by atoms with Gasteiger partial charge in [-0.15, -0.1) is 11.6 Å². The molecule has 0 aliphatic carbocycles. The molecule has 1 unspecified atom stereocenters. The van der Waals surface area contributed by atoms with E-state index in [1.165, 1.54) is 0 Å². The van der Waals surface area contributed by atoms with Crippen LogP contribution in [0, 0.1) is 6.92 Å². The number of oxazole rings is 1. The van der Waals surface area contributed by atoms with Crippen molar-refractivity contribution in [2.24, 2.45) is 0 Å². The van der Waals surface area contributed by atoms with E-state index in [1.54, 1.807) is 6.20 Å². The van der Waals surface area contributed by atoms with Crippen molar-refractivity contribution in [3.63, 3.8) is 0 Å². The predicted octanol–water partition coefficient (Wildman–Crippen LogP) is 4.60. The van der Waals surface area contributed by atoms with Crippen molar-refractivity contribution in [3.05, 3.63) is 40.9 Å². The molecule has 1 heterocycles. The molecule has 0 saturated heterocycles. The van der Waals surface area contributed by atoms with Gasteiger partial charge in [0.05, 0.1) is 6.20 Å². The Bertz CT molecular complexity index is 505. The van der Waals surface area contributed by atoms with E-state index >= 15 is 0 Å². The van der Waals surface area contributed by atoms with Crippen molar-refractivity contribution in [2.75, 3.05) is 0 Å². The maximum absolute atomic E-state index is 6.04. The summed E-state index contributed by atoms with van der Waals surface area (Å²) in [7, 11) is 0. The van der Waals surface area contributed by atoms with Gasteiger partial charge in [-0.05, 0) is 25.5 Å². The fraction of sp³-hybridized carbons (Fsp3) is 0.250. The molecule has 0 aliphatic heterocycles. The maximum atomic E-state index is 6.04. The Morgan fingerprint density at radius 3 is 2.69 bits per heavy atom. The van der Waals surface area contributed by atoms with E-state index in [1.807, 2.05) is 32.0 Å². The fourth-order valence-corrected chi connectivity index (χ4v) is 1.63. The molecule has 0 radical (unpaired) electrons. The third-order valence-corrected chi connectivity index (χ3v) is 2.91. The lowest BCUT2D eigenvalue weighted by atomic mass is 10.1. The van der Waals surface area contributed by atoms with Crippen LogP contribution < -0.4 is 0 Å². The van der Waals surface area contributed by atoms with Gasteiger partial charge in [-0.25, -0.2) is 4.98 Å². The zero-order chi connectivity index (χ0) is 11.7. The molecule has 1 atom stereocenters. The molecule has 0 fully saturated rings. The van der Waals surface area contributed by atoms with Crippen molar-refractivity contribution in [1.82, 2.24) is 4.98 Å². The minimum atomic E-state index is -0.227. The Balaban J connectivity index is 2.39. The van der Waals surface area contributed by atoms with Gasteiger partial charge in [0, 0.05) is 10.6 Å². The Kier molecular flexibility index (Phi) is 3.22. The van der Waals surface area contributed by atoms with Crippen molar-refractivity contribution in [3.8, 4) is 11.3 Å². The summed E-state index contributed by atoms with van der Waals surface area (Å²) >= 11 is 11.9. The highest BCUT2D eigenvalue weighted by Gasteiger charge is 2.11. The second-order valence-corrected chi connectivity index (χ2v) is 4.70. The van der Waals surface area contributed by atoms with Crippen LogP contribution in [0.15, 0.2) is 28.8 Å². The maximum Gasteiger partial charge on any atom is 0.212 e. The van der Waals surface area contributed by atoms with Gasteiger partial charge in [-0.1, -0.05) is 23.7 Å². The number of aromatic nitrogens is 1. The van der Waals surface area contributed by atoms with Crippen LogP contribution >= 0.6 is 23.2 Å². The third kappa shape index (κ3) is 2.23. The van der Waals surface area contributed by atoms with Crippen molar-refractivity contribution in [1.29, 1.82) is 0 Å². The van der Waals surface area contributed by atoms with Gasteiger partial charge in [0.2, 0.25) is 5.89 Å². The van der Waals surface area contributed by atoms with Crippen LogP contribution in [0.2, 0.25) is 5.02 Å². The quantitative estimate of drug-likeness (QED) is 0.733. The monoisotopic (exact) mass is 255 g/mol. The summed E-state index contributed by atoms with van der Waals surface area (Å²) in [5.74, 6) is 1.21. The number of hydrogen-bond donors (Lipinski definition) is 0. The number of nitrogens with zero attached hydrogens (tertiary/aromatic N) is 1. The molecule has 2 rings (SSSR count). The molecule has 0 spiro atoms. The molecule has 0 bridgehead atoms. The van der Waals surface area contributed by atoms with Gasteiger partial charge in [-0.2, -0.15) is 0 Å². The molecule has 4 heteroatoms. The summed E-state index contributed by atoms with van der Waals surface area (Å²) in [6, 6.07) is 5.76. The molecule has 0 amide bonds. The Morgan fingerprint density at radius 2 is 2.12 bits per heavy atom. The summed E-state index contributed by atoms with van der Waals surface area (Å²) in [6.45, 7) is 3.78. The largest absolute Gasteiger partial charge is 0.439 e. The number of hydrogen-bond acceptors (Lipinski definition) is 2. The molecule has 2 nitrogen and oxygen atoms in total.